The molecule has 8 heteroatoms. The van der Waals surface area contributed by atoms with E-state index in [1.54, 1.807) is 10.6 Å². The molecule has 0 unspecified atom stereocenters. The molecule has 0 radical (unpaired) electrons. The van der Waals surface area contributed by atoms with E-state index in [2.05, 4.69) is 10.2 Å². The fourth-order valence-electron chi connectivity index (χ4n) is 2.72. The zero-order valence-electron chi connectivity index (χ0n) is 14.3. The fraction of sp³-hybridized carbons (Fsp3) is 0.105. The highest BCUT2D eigenvalue weighted by atomic mass is 32.2. The standard InChI is InChI=1S/C19H14F2N4OS/c1-12-4-2-3-5-13(12)11-27-19-23-22-17-18(26)24(8-9-25(17)19)14-6-7-15(20)16(21)10-14/h2-10H,11H2,1H3. The average molecular weight is 384 g/mol. The van der Waals surface area contributed by atoms with Crippen LogP contribution in [0.1, 0.15) is 11.1 Å². The molecular formula is C19H14F2N4OS. The second-order valence-corrected chi connectivity index (χ2v) is 6.91. The molecule has 0 aliphatic heterocycles. The van der Waals surface area contributed by atoms with Gasteiger partial charge in [-0.15, -0.1) is 10.2 Å². The van der Waals surface area contributed by atoms with Crippen LogP contribution in [0.2, 0.25) is 0 Å². The number of aromatic nitrogens is 4. The first-order valence-corrected chi connectivity index (χ1v) is 9.12. The first-order chi connectivity index (χ1) is 13.0. The molecule has 0 aliphatic rings. The van der Waals surface area contributed by atoms with Gasteiger partial charge in [-0.3, -0.25) is 13.8 Å². The van der Waals surface area contributed by atoms with Gasteiger partial charge in [0.15, 0.2) is 16.8 Å². The van der Waals surface area contributed by atoms with Gasteiger partial charge >= 0.3 is 5.56 Å². The summed E-state index contributed by atoms with van der Waals surface area (Å²) in [5.41, 5.74) is 2.24. The number of nitrogens with zero attached hydrogens (tertiary/aromatic N) is 4. The quantitative estimate of drug-likeness (QED) is 0.503. The lowest BCUT2D eigenvalue weighted by Gasteiger charge is -2.07. The van der Waals surface area contributed by atoms with Crippen LogP contribution in [0.3, 0.4) is 0 Å². The van der Waals surface area contributed by atoms with E-state index >= 15 is 0 Å². The zero-order valence-corrected chi connectivity index (χ0v) is 15.1. The number of fused-ring (bicyclic) bond motifs is 1. The number of hydrogen-bond donors (Lipinski definition) is 0. The molecule has 4 rings (SSSR count). The molecule has 0 saturated carbocycles. The van der Waals surface area contributed by atoms with Crippen molar-refractivity contribution in [1.82, 2.24) is 19.2 Å². The zero-order chi connectivity index (χ0) is 19.0. The molecule has 0 aliphatic carbocycles. The monoisotopic (exact) mass is 384 g/mol. The summed E-state index contributed by atoms with van der Waals surface area (Å²) < 4.78 is 29.4. The van der Waals surface area contributed by atoms with Crippen LogP contribution in [0, 0.1) is 18.6 Å². The summed E-state index contributed by atoms with van der Waals surface area (Å²) in [6, 6.07) is 11.3. The van der Waals surface area contributed by atoms with Crippen LogP contribution in [-0.2, 0) is 5.75 Å². The van der Waals surface area contributed by atoms with Gasteiger partial charge in [0.2, 0.25) is 5.65 Å². The number of rotatable bonds is 4. The molecule has 27 heavy (non-hydrogen) atoms. The Balaban J connectivity index is 1.68. The summed E-state index contributed by atoms with van der Waals surface area (Å²) in [6.45, 7) is 2.04. The lowest BCUT2D eigenvalue weighted by Crippen LogP contribution is -2.20. The van der Waals surface area contributed by atoms with Gasteiger partial charge in [-0.2, -0.15) is 0 Å². The van der Waals surface area contributed by atoms with Crippen molar-refractivity contribution in [2.75, 3.05) is 0 Å². The molecule has 2 aromatic carbocycles. The minimum absolute atomic E-state index is 0.120. The molecule has 0 saturated heterocycles. The molecular weight excluding hydrogens is 370 g/mol. The van der Waals surface area contributed by atoms with E-state index in [-0.39, 0.29) is 11.3 Å². The SMILES string of the molecule is Cc1ccccc1CSc1nnc2c(=O)n(-c3ccc(F)c(F)c3)ccn12. The molecule has 136 valence electrons. The molecule has 0 fully saturated rings. The second kappa shape index (κ2) is 6.96. The Bertz CT molecular complexity index is 1200. The van der Waals surface area contributed by atoms with E-state index in [1.165, 1.54) is 39.7 Å². The molecule has 0 N–H and O–H groups in total. The topological polar surface area (TPSA) is 52.2 Å². The Kier molecular flexibility index (Phi) is 4.49. The Morgan fingerprint density at radius 2 is 1.85 bits per heavy atom. The Morgan fingerprint density at radius 3 is 2.63 bits per heavy atom. The summed E-state index contributed by atoms with van der Waals surface area (Å²) in [7, 11) is 0. The largest absolute Gasteiger partial charge is 0.300 e. The van der Waals surface area contributed by atoms with Gasteiger partial charge < -0.3 is 0 Å². The maximum absolute atomic E-state index is 13.5. The maximum atomic E-state index is 13.5. The molecule has 5 nitrogen and oxygen atoms in total. The molecule has 2 heterocycles. The van der Waals surface area contributed by atoms with Crippen LogP contribution >= 0.6 is 11.8 Å². The van der Waals surface area contributed by atoms with Gasteiger partial charge in [0.1, 0.15) is 0 Å². The van der Waals surface area contributed by atoms with Crippen molar-refractivity contribution in [3.63, 3.8) is 0 Å². The summed E-state index contributed by atoms with van der Waals surface area (Å²) in [5.74, 6) is -1.29. The summed E-state index contributed by atoms with van der Waals surface area (Å²) >= 11 is 1.47. The Morgan fingerprint density at radius 1 is 1.04 bits per heavy atom. The summed E-state index contributed by atoms with van der Waals surface area (Å²) in [5, 5.41) is 8.65. The molecule has 0 bridgehead atoms. The van der Waals surface area contributed by atoms with Crippen LogP contribution in [0.25, 0.3) is 11.3 Å². The van der Waals surface area contributed by atoms with Crippen molar-refractivity contribution >= 4 is 17.4 Å². The van der Waals surface area contributed by atoms with E-state index in [4.69, 9.17) is 0 Å². The van der Waals surface area contributed by atoms with Crippen LogP contribution in [0.15, 0.2) is 64.8 Å². The molecule has 2 aromatic heterocycles. The van der Waals surface area contributed by atoms with Crippen molar-refractivity contribution in [3.05, 3.63) is 88.0 Å². The minimum Gasteiger partial charge on any atom is -0.279 e. The highest BCUT2D eigenvalue weighted by Gasteiger charge is 2.13. The smallest absolute Gasteiger partial charge is 0.279 e. The Labute approximate surface area is 157 Å². The number of halogens is 2. The van der Waals surface area contributed by atoms with E-state index in [0.29, 0.717) is 10.9 Å². The van der Waals surface area contributed by atoms with E-state index in [9.17, 15) is 13.6 Å². The van der Waals surface area contributed by atoms with E-state index < -0.39 is 17.2 Å². The van der Waals surface area contributed by atoms with Gasteiger partial charge in [0, 0.05) is 24.2 Å². The Hall–Kier alpha value is -3.00. The predicted octanol–water partition coefficient (Wildman–Crippen LogP) is 3.76. The van der Waals surface area contributed by atoms with Crippen LogP contribution in [-0.4, -0.2) is 19.2 Å². The number of hydrogen-bond acceptors (Lipinski definition) is 4. The van der Waals surface area contributed by atoms with Crippen LogP contribution < -0.4 is 5.56 Å². The predicted molar refractivity (Wildman–Crippen MR) is 99.2 cm³/mol. The molecule has 4 aromatic rings. The van der Waals surface area contributed by atoms with E-state index in [0.717, 1.165) is 12.1 Å². The maximum Gasteiger partial charge on any atom is 0.300 e. The van der Waals surface area contributed by atoms with E-state index in [1.807, 2.05) is 31.2 Å². The second-order valence-electron chi connectivity index (χ2n) is 5.96. The third kappa shape index (κ3) is 3.23. The van der Waals surface area contributed by atoms with Crippen LogP contribution in [0.5, 0.6) is 0 Å². The third-order valence-electron chi connectivity index (χ3n) is 4.24. The number of benzene rings is 2. The van der Waals surface area contributed by atoms with Gasteiger partial charge in [-0.1, -0.05) is 36.0 Å². The van der Waals surface area contributed by atoms with Gasteiger partial charge in [0.25, 0.3) is 0 Å². The van der Waals surface area contributed by atoms with Crippen molar-refractivity contribution in [2.24, 2.45) is 0 Å². The fourth-order valence-corrected chi connectivity index (χ4v) is 3.71. The summed E-state index contributed by atoms with van der Waals surface area (Å²) in [4.78, 5) is 12.7. The lowest BCUT2D eigenvalue weighted by atomic mass is 10.1. The number of thioether (sulfide) groups is 1. The van der Waals surface area contributed by atoms with Crippen molar-refractivity contribution in [2.45, 2.75) is 17.8 Å². The first-order valence-electron chi connectivity index (χ1n) is 8.14. The summed E-state index contributed by atoms with van der Waals surface area (Å²) in [6.07, 6.45) is 3.13. The first kappa shape index (κ1) is 17.4. The van der Waals surface area contributed by atoms with Crippen molar-refractivity contribution in [1.29, 1.82) is 0 Å². The lowest BCUT2D eigenvalue weighted by molar-refractivity contribution is 0.508. The molecule has 0 amide bonds. The van der Waals surface area contributed by atoms with Gasteiger partial charge in [-0.25, -0.2) is 8.78 Å². The van der Waals surface area contributed by atoms with Gasteiger partial charge in [-0.05, 0) is 30.2 Å². The molecule has 0 atom stereocenters. The minimum atomic E-state index is -1.02. The highest BCUT2D eigenvalue weighted by Crippen LogP contribution is 2.23. The van der Waals surface area contributed by atoms with Crippen LogP contribution in [0.4, 0.5) is 8.78 Å². The third-order valence-corrected chi connectivity index (χ3v) is 5.23. The van der Waals surface area contributed by atoms with Crippen molar-refractivity contribution in [3.8, 4) is 5.69 Å². The normalized spacial score (nSPS) is 11.2. The van der Waals surface area contributed by atoms with Crippen molar-refractivity contribution < 1.29 is 8.78 Å². The highest BCUT2D eigenvalue weighted by molar-refractivity contribution is 7.98. The number of aryl methyl sites for hydroxylation is 1. The average Bonchev–Trinajstić information content (AvgIpc) is 3.08. The van der Waals surface area contributed by atoms with Gasteiger partial charge in [0.05, 0.1) is 5.69 Å². The molecule has 0 spiro atoms.